The summed E-state index contributed by atoms with van der Waals surface area (Å²) in [6, 6.07) is 10.3. The molecule has 1 fully saturated rings. The quantitative estimate of drug-likeness (QED) is 0.881. The molecule has 0 radical (unpaired) electrons. The van der Waals surface area contributed by atoms with Crippen LogP contribution in [0, 0.1) is 5.92 Å². The van der Waals surface area contributed by atoms with E-state index in [2.05, 4.69) is 31.0 Å². The van der Waals surface area contributed by atoms with Gasteiger partial charge in [-0.25, -0.2) is 4.98 Å². The van der Waals surface area contributed by atoms with Gasteiger partial charge in [-0.2, -0.15) is 0 Å². The molecule has 1 atom stereocenters. The normalized spacial score (nSPS) is 18.3. The monoisotopic (exact) mass is 255 g/mol. The van der Waals surface area contributed by atoms with Crippen LogP contribution >= 0.6 is 0 Å². The maximum atomic E-state index is 6.46. The van der Waals surface area contributed by atoms with Crippen LogP contribution in [0.4, 0.5) is 0 Å². The minimum absolute atomic E-state index is 0.322. The zero-order valence-electron chi connectivity index (χ0n) is 11.6. The van der Waals surface area contributed by atoms with Crippen LogP contribution in [0.15, 0.2) is 30.3 Å². The number of aryl methyl sites for hydroxylation is 1. The van der Waals surface area contributed by atoms with E-state index < -0.39 is 0 Å². The third-order valence-electron chi connectivity index (χ3n) is 4.12. The predicted octanol–water partition coefficient (Wildman–Crippen LogP) is 3.22. The van der Waals surface area contributed by atoms with Gasteiger partial charge in [0, 0.05) is 11.3 Å². The van der Waals surface area contributed by atoms with Crippen LogP contribution < -0.4 is 5.73 Å². The second-order valence-electron chi connectivity index (χ2n) is 5.69. The number of nitrogens with one attached hydrogen (secondary N) is 1. The minimum atomic E-state index is -0.322. The fourth-order valence-corrected chi connectivity index (χ4v) is 2.63. The molecular formula is C16H21N3. The molecule has 1 saturated carbocycles. The van der Waals surface area contributed by atoms with Gasteiger partial charge in [-0.1, -0.05) is 37.3 Å². The zero-order chi connectivity index (χ0) is 13.5. The van der Waals surface area contributed by atoms with Gasteiger partial charge in [-0.3, -0.25) is 0 Å². The van der Waals surface area contributed by atoms with Crippen molar-refractivity contribution < 1.29 is 0 Å². The van der Waals surface area contributed by atoms with E-state index in [1.807, 2.05) is 18.2 Å². The minimum Gasteiger partial charge on any atom is -0.344 e. The Kier molecular flexibility index (Phi) is 2.94. The summed E-state index contributed by atoms with van der Waals surface area (Å²) in [6.07, 6.45) is 3.38. The van der Waals surface area contributed by atoms with Gasteiger partial charge in [0.15, 0.2) is 0 Å². The number of nitrogens with two attached hydrogens (primary N) is 1. The van der Waals surface area contributed by atoms with Crippen molar-refractivity contribution in [3.8, 4) is 11.3 Å². The molecule has 3 nitrogen and oxygen atoms in total. The van der Waals surface area contributed by atoms with Crippen molar-refractivity contribution in [2.75, 3.05) is 0 Å². The van der Waals surface area contributed by atoms with E-state index in [0.29, 0.717) is 5.92 Å². The van der Waals surface area contributed by atoms with Crippen molar-refractivity contribution in [1.82, 2.24) is 9.97 Å². The molecule has 3 rings (SSSR count). The molecule has 2 aromatic rings. The number of rotatable bonds is 4. The molecule has 1 aromatic carbocycles. The summed E-state index contributed by atoms with van der Waals surface area (Å²) in [4.78, 5) is 8.26. The van der Waals surface area contributed by atoms with Crippen molar-refractivity contribution in [2.45, 2.75) is 38.6 Å². The van der Waals surface area contributed by atoms with Crippen LogP contribution in [0.5, 0.6) is 0 Å². The first-order chi connectivity index (χ1) is 9.13. The van der Waals surface area contributed by atoms with Crippen LogP contribution in [-0.4, -0.2) is 9.97 Å². The molecule has 0 aliphatic heterocycles. The third kappa shape index (κ3) is 2.19. The van der Waals surface area contributed by atoms with Crippen LogP contribution in [0.1, 0.15) is 38.2 Å². The highest BCUT2D eigenvalue weighted by molar-refractivity contribution is 5.62. The van der Waals surface area contributed by atoms with Gasteiger partial charge in [0.05, 0.1) is 11.2 Å². The highest BCUT2D eigenvalue weighted by Crippen LogP contribution is 2.43. The molecule has 1 unspecified atom stereocenters. The number of benzene rings is 1. The van der Waals surface area contributed by atoms with Gasteiger partial charge in [0.25, 0.3) is 0 Å². The number of aromatic amines is 1. The summed E-state index contributed by atoms with van der Waals surface area (Å²) in [5, 5.41) is 0. The lowest BCUT2D eigenvalue weighted by Crippen LogP contribution is -2.36. The van der Waals surface area contributed by atoms with E-state index in [9.17, 15) is 0 Å². The van der Waals surface area contributed by atoms with Crippen LogP contribution in [0.3, 0.4) is 0 Å². The molecule has 0 bridgehead atoms. The van der Waals surface area contributed by atoms with E-state index in [-0.39, 0.29) is 5.54 Å². The first-order valence-electron chi connectivity index (χ1n) is 7.06. The lowest BCUT2D eigenvalue weighted by Gasteiger charge is -2.21. The van der Waals surface area contributed by atoms with Crippen molar-refractivity contribution in [1.29, 1.82) is 0 Å². The van der Waals surface area contributed by atoms with Crippen molar-refractivity contribution in [3.63, 3.8) is 0 Å². The van der Waals surface area contributed by atoms with E-state index in [1.54, 1.807) is 0 Å². The van der Waals surface area contributed by atoms with Gasteiger partial charge < -0.3 is 10.7 Å². The SMILES string of the molecule is CCc1[nH]c(C(C)(N)C2CC2)nc1-c1ccccc1. The molecule has 1 aliphatic carbocycles. The average molecular weight is 255 g/mol. The molecule has 1 heterocycles. The molecule has 0 saturated heterocycles. The molecular weight excluding hydrogens is 234 g/mol. The number of imidazole rings is 1. The lowest BCUT2D eigenvalue weighted by molar-refractivity contribution is 0.403. The number of hydrogen-bond acceptors (Lipinski definition) is 2. The summed E-state index contributed by atoms with van der Waals surface area (Å²) in [5.41, 5.74) is 9.53. The lowest BCUT2D eigenvalue weighted by atomic mass is 9.97. The Morgan fingerprint density at radius 2 is 2.00 bits per heavy atom. The largest absolute Gasteiger partial charge is 0.344 e. The van der Waals surface area contributed by atoms with Crippen LogP contribution in [-0.2, 0) is 12.0 Å². The van der Waals surface area contributed by atoms with Crippen LogP contribution in [0.25, 0.3) is 11.3 Å². The molecule has 0 amide bonds. The maximum Gasteiger partial charge on any atom is 0.127 e. The smallest absolute Gasteiger partial charge is 0.127 e. The Morgan fingerprint density at radius 3 is 2.58 bits per heavy atom. The maximum absolute atomic E-state index is 6.46. The first-order valence-corrected chi connectivity index (χ1v) is 7.06. The second-order valence-corrected chi connectivity index (χ2v) is 5.69. The van der Waals surface area contributed by atoms with E-state index in [0.717, 1.165) is 23.5 Å². The standard InChI is InChI=1S/C16H21N3/c1-3-13-14(11-7-5-4-6-8-11)19-15(18-13)16(2,17)12-9-10-12/h4-8,12H,3,9-10,17H2,1-2H3,(H,18,19). The number of nitrogens with zero attached hydrogens (tertiary/aromatic N) is 1. The summed E-state index contributed by atoms with van der Waals surface area (Å²) in [5.74, 6) is 1.51. The van der Waals surface area contributed by atoms with E-state index in [1.165, 1.54) is 18.5 Å². The van der Waals surface area contributed by atoms with Gasteiger partial charge >= 0.3 is 0 Å². The number of H-pyrrole nitrogens is 1. The molecule has 19 heavy (non-hydrogen) atoms. The highest BCUT2D eigenvalue weighted by atomic mass is 15.0. The molecule has 0 spiro atoms. The Balaban J connectivity index is 2.04. The van der Waals surface area contributed by atoms with Crippen molar-refractivity contribution in [3.05, 3.63) is 41.9 Å². The summed E-state index contributed by atoms with van der Waals surface area (Å²) < 4.78 is 0. The van der Waals surface area contributed by atoms with Crippen molar-refractivity contribution >= 4 is 0 Å². The third-order valence-corrected chi connectivity index (χ3v) is 4.12. The molecule has 100 valence electrons. The molecule has 3 N–H and O–H groups in total. The van der Waals surface area contributed by atoms with E-state index >= 15 is 0 Å². The van der Waals surface area contributed by atoms with Gasteiger partial charge in [0.2, 0.25) is 0 Å². The summed E-state index contributed by atoms with van der Waals surface area (Å²) in [6.45, 7) is 4.24. The van der Waals surface area contributed by atoms with Crippen LogP contribution in [0.2, 0.25) is 0 Å². The Labute approximate surface area is 114 Å². The van der Waals surface area contributed by atoms with E-state index in [4.69, 9.17) is 10.7 Å². The summed E-state index contributed by atoms with van der Waals surface area (Å²) in [7, 11) is 0. The molecule has 3 heteroatoms. The van der Waals surface area contributed by atoms with Gasteiger partial charge in [0.1, 0.15) is 5.82 Å². The fourth-order valence-electron chi connectivity index (χ4n) is 2.63. The Bertz CT molecular complexity index is 565. The summed E-state index contributed by atoms with van der Waals surface area (Å²) >= 11 is 0. The second kappa shape index (κ2) is 4.49. The first kappa shape index (κ1) is 12.4. The average Bonchev–Trinajstić information content (AvgIpc) is 3.19. The number of hydrogen-bond donors (Lipinski definition) is 2. The zero-order valence-corrected chi connectivity index (χ0v) is 11.6. The Morgan fingerprint density at radius 1 is 1.32 bits per heavy atom. The topological polar surface area (TPSA) is 54.7 Å². The van der Waals surface area contributed by atoms with Gasteiger partial charge in [-0.15, -0.1) is 0 Å². The number of aromatic nitrogens is 2. The highest BCUT2D eigenvalue weighted by Gasteiger charge is 2.42. The Hall–Kier alpha value is -1.61. The fraction of sp³-hybridized carbons (Fsp3) is 0.438. The van der Waals surface area contributed by atoms with Gasteiger partial charge in [-0.05, 0) is 32.1 Å². The molecule has 1 aliphatic rings. The predicted molar refractivity (Wildman–Crippen MR) is 77.7 cm³/mol. The van der Waals surface area contributed by atoms with Crippen molar-refractivity contribution in [2.24, 2.45) is 11.7 Å². The molecule has 1 aromatic heterocycles.